The summed E-state index contributed by atoms with van der Waals surface area (Å²) in [7, 11) is 5.72. The van der Waals surface area contributed by atoms with Gasteiger partial charge in [0.05, 0.1) is 4.90 Å². The molecule has 1 aromatic rings. The first-order valence-corrected chi connectivity index (χ1v) is 4.12. The fourth-order valence-corrected chi connectivity index (χ4v) is 1.28. The lowest BCUT2D eigenvalue weighted by Crippen LogP contribution is -1.82. The summed E-state index contributed by atoms with van der Waals surface area (Å²) < 4.78 is 25.0. The van der Waals surface area contributed by atoms with Crippen molar-refractivity contribution in [2.45, 2.75) is 4.90 Å². The van der Waals surface area contributed by atoms with E-state index in [0.717, 1.165) is 12.1 Å². The molecule has 1 rings (SSSR count). The van der Waals surface area contributed by atoms with Crippen LogP contribution in [0.1, 0.15) is 0 Å². The molecule has 0 bridgehead atoms. The molecule has 0 radical (unpaired) electrons. The smallest absolute Gasteiger partial charge is 0.140 e. The zero-order chi connectivity index (χ0) is 7.56. The average Bonchev–Trinajstić information content (AvgIpc) is 1.88. The van der Waals surface area contributed by atoms with Gasteiger partial charge in [0.2, 0.25) is 0 Å². The summed E-state index contributed by atoms with van der Waals surface area (Å²) in [6.45, 7) is 0. The molecule has 0 fully saturated rings. The summed E-state index contributed by atoms with van der Waals surface area (Å²) in [4.78, 5) is -0.149. The molecule has 0 atom stereocenters. The molecule has 0 saturated carbocycles. The minimum Gasteiger partial charge on any atom is -0.269 e. The molecule has 94 valence electrons. The van der Waals surface area contributed by atoms with Gasteiger partial charge in [-0.2, -0.15) is 0 Å². The summed E-state index contributed by atoms with van der Waals surface area (Å²) in [6, 6.07) is 3.61. The Labute approximate surface area is 89.3 Å². The molecule has 0 heterocycles. The summed E-state index contributed by atoms with van der Waals surface area (Å²) >= 11 is 0. The van der Waals surface area contributed by atoms with E-state index in [9.17, 15) is 8.78 Å². The van der Waals surface area contributed by atoms with Gasteiger partial charge in [0.1, 0.15) is 11.6 Å². The highest BCUT2D eigenvalue weighted by atomic mass is 35.7. The SMILES string of the molecule is F.F.F.F.F.Fc1cccc(F)c1SCl. The third-order valence-corrected chi connectivity index (χ3v) is 2.00. The molecule has 0 unspecified atom stereocenters. The van der Waals surface area contributed by atoms with E-state index in [1.165, 1.54) is 6.07 Å². The minimum atomic E-state index is -0.625. The molecule has 1 aromatic carbocycles. The van der Waals surface area contributed by atoms with Crippen molar-refractivity contribution >= 4 is 21.7 Å². The van der Waals surface area contributed by atoms with Crippen LogP contribution in [0.5, 0.6) is 0 Å². The monoisotopic (exact) mass is 280 g/mol. The second-order valence-corrected chi connectivity index (χ2v) is 2.65. The van der Waals surface area contributed by atoms with Gasteiger partial charge in [-0.25, -0.2) is 8.78 Å². The van der Waals surface area contributed by atoms with Crippen LogP contribution in [0.3, 0.4) is 0 Å². The van der Waals surface area contributed by atoms with Gasteiger partial charge in [-0.3, -0.25) is 23.5 Å². The second-order valence-electron chi connectivity index (χ2n) is 1.63. The quantitative estimate of drug-likeness (QED) is 0.701. The van der Waals surface area contributed by atoms with Crippen molar-refractivity contribution < 1.29 is 32.3 Å². The van der Waals surface area contributed by atoms with E-state index in [-0.39, 0.29) is 28.4 Å². The molecule has 0 aliphatic rings. The van der Waals surface area contributed by atoms with Crippen LogP contribution < -0.4 is 0 Å². The largest absolute Gasteiger partial charge is 0.269 e. The number of benzene rings is 1. The first-order valence-electron chi connectivity index (χ1n) is 2.48. The first-order chi connectivity index (χ1) is 4.75. The van der Waals surface area contributed by atoms with Crippen LogP contribution in [0.4, 0.5) is 32.3 Å². The van der Waals surface area contributed by atoms with E-state index in [0.29, 0.717) is 11.0 Å². The molecule has 0 nitrogen and oxygen atoms in total. The summed E-state index contributed by atoms with van der Waals surface area (Å²) in [5.74, 6) is -1.25. The van der Waals surface area contributed by atoms with Crippen molar-refractivity contribution in [1.82, 2.24) is 0 Å². The molecular formula is C6H8ClF7S. The van der Waals surface area contributed by atoms with Crippen LogP contribution in [-0.4, -0.2) is 0 Å². The van der Waals surface area contributed by atoms with Gasteiger partial charge in [-0.1, -0.05) is 6.07 Å². The van der Waals surface area contributed by atoms with Crippen LogP contribution in [-0.2, 0) is 0 Å². The predicted molar refractivity (Wildman–Crippen MR) is 50.6 cm³/mol. The molecule has 0 spiro atoms. The van der Waals surface area contributed by atoms with Crippen LogP contribution in [0.15, 0.2) is 23.1 Å². The van der Waals surface area contributed by atoms with E-state index >= 15 is 0 Å². The molecule has 9 heteroatoms. The number of hydrogen-bond donors (Lipinski definition) is 0. The molecule has 0 aromatic heterocycles. The lowest BCUT2D eigenvalue weighted by atomic mass is 10.3. The Morgan fingerprint density at radius 1 is 0.867 bits per heavy atom. The van der Waals surface area contributed by atoms with Gasteiger partial charge in [-0.15, -0.1) is 0 Å². The standard InChI is InChI=1S/C6H3ClF2S.5FH/c7-10-6-4(8)2-1-3-5(6)9;;;;;/h1-3H;5*1H. The van der Waals surface area contributed by atoms with E-state index in [4.69, 9.17) is 10.7 Å². The predicted octanol–water partition coefficient (Wildman–Crippen LogP) is 3.97. The second kappa shape index (κ2) is 13.4. The highest BCUT2D eigenvalue weighted by molar-refractivity contribution is 8.21. The molecule has 0 saturated heterocycles. The Bertz CT molecular complexity index is 227. The summed E-state index contributed by atoms with van der Waals surface area (Å²) in [6.07, 6.45) is 0. The maximum atomic E-state index is 12.5. The molecule has 0 N–H and O–H groups in total. The number of rotatable bonds is 1. The van der Waals surface area contributed by atoms with Crippen LogP contribution >= 0.6 is 21.7 Å². The Morgan fingerprint density at radius 3 is 1.40 bits per heavy atom. The highest BCUT2D eigenvalue weighted by Gasteiger charge is 2.06. The fraction of sp³-hybridized carbons (Fsp3) is 0. The van der Waals surface area contributed by atoms with Crippen molar-refractivity contribution in [3.05, 3.63) is 29.8 Å². The van der Waals surface area contributed by atoms with Crippen LogP contribution in [0, 0.1) is 11.6 Å². The maximum Gasteiger partial charge on any atom is 0.140 e. The zero-order valence-electron chi connectivity index (χ0n) is 6.82. The first kappa shape index (κ1) is 29.3. The lowest BCUT2D eigenvalue weighted by Gasteiger charge is -1.96. The Hall–Kier alpha value is -0.630. The third-order valence-electron chi connectivity index (χ3n) is 0.996. The van der Waals surface area contributed by atoms with Gasteiger partial charge >= 0.3 is 0 Å². The third kappa shape index (κ3) is 7.32. The topological polar surface area (TPSA) is 0 Å². The molecule has 0 aliphatic carbocycles. The Balaban J connectivity index is -0.0000000667. The highest BCUT2D eigenvalue weighted by Crippen LogP contribution is 2.27. The molecule has 15 heavy (non-hydrogen) atoms. The van der Waals surface area contributed by atoms with E-state index in [2.05, 4.69) is 0 Å². The van der Waals surface area contributed by atoms with Gasteiger partial charge in [0.15, 0.2) is 0 Å². The van der Waals surface area contributed by atoms with E-state index < -0.39 is 11.6 Å². The molecule has 0 aliphatic heterocycles. The lowest BCUT2D eigenvalue weighted by molar-refractivity contribution is 0.541. The van der Waals surface area contributed by atoms with Gasteiger partial charge < -0.3 is 0 Å². The summed E-state index contributed by atoms with van der Waals surface area (Å²) in [5.41, 5.74) is 0. The van der Waals surface area contributed by atoms with Crippen molar-refractivity contribution in [3.63, 3.8) is 0 Å². The minimum absolute atomic E-state index is 0. The summed E-state index contributed by atoms with van der Waals surface area (Å²) in [5, 5.41) is 0. The van der Waals surface area contributed by atoms with Crippen molar-refractivity contribution in [2.75, 3.05) is 0 Å². The molecular weight excluding hydrogens is 273 g/mol. The van der Waals surface area contributed by atoms with Gasteiger partial charge in [0.25, 0.3) is 0 Å². The maximum absolute atomic E-state index is 12.5. The normalized spacial score (nSPS) is 6.60. The fourth-order valence-electron chi connectivity index (χ4n) is 0.556. The number of halogens is 8. The van der Waals surface area contributed by atoms with Crippen LogP contribution in [0.2, 0.25) is 0 Å². The molecule has 0 amide bonds. The van der Waals surface area contributed by atoms with E-state index in [1.807, 2.05) is 0 Å². The number of hydrogen-bond acceptors (Lipinski definition) is 1. The van der Waals surface area contributed by atoms with Gasteiger partial charge in [0, 0.05) is 0 Å². The van der Waals surface area contributed by atoms with Gasteiger partial charge in [-0.05, 0) is 33.8 Å². The average molecular weight is 281 g/mol. The van der Waals surface area contributed by atoms with Crippen molar-refractivity contribution in [3.8, 4) is 0 Å². The van der Waals surface area contributed by atoms with E-state index in [1.54, 1.807) is 0 Å². The van der Waals surface area contributed by atoms with Crippen LogP contribution in [0.25, 0.3) is 0 Å². The van der Waals surface area contributed by atoms with Crippen molar-refractivity contribution in [1.29, 1.82) is 0 Å². The zero-order valence-corrected chi connectivity index (χ0v) is 8.39. The van der Waals surface area contributed by atoms with Crippen molar-refractivity contribution in [2.24, 2.45) is 0 Å². The Kier molecular flexibility index (Phi) is 26.1. The Morgan fingerprint density at radius 2 is 1.20 bits per heavy atom.